The van der Waals surface area contributed by atoms with Crippen LogP contribution in [-0.4, -0.2) is 41.6 Å². The number of benzene rings is 2. The van der Waals surface area contributed by atoms with Gasteiger partial charge in [0.2, 0.25) is 10.0 Å². The zero-order valence-corrected chi connectivity index (χ0v) is 16.3. The molecule has 9 heteroatoms. The molecule has 0 atom stereocenters. The van der Waals surface area contributed by atoms with Gasteiger partial charge in [0.15, 0.2) is 11.5 Å². The fourth-order valence-corrected chi connectivity index (χ4v) is 4.62. The van der Waals surface area contributed by atoms with Crippen molar-refractivity contribution >= 4 is 27.6 Å². The highest BCUT2D eigenvalue weighted by Crippen LogP contribution is 2.27. The molecule has 1 saturated heterocycles. The minimum Gasteiger partial charge on any atom is -0.502 e. The second-order valence-corrected chi connectivity index (χ2v) is 8.63. The summed E-state index contributed by atoms with van der Waals surface area (Å²) in [6, 6.07) is 9.51. The second kappa shape index (κ2) is 8.54. The molecular weight excluding hydrogens is 396 g/mol. The van der Waals surface area contributed by atoms with Crippen LogP contribution in [0.4, 0.5) is 5.69 Å². The molecule has 2 aromatic rings. The normalized spacial score (nSPS) is 15.4. The van der Waals surface area contributed by atoms with Crippen molar-refractivity contribution < 1.29 is 23.2 Å². The van der Waals surface area contributed by atoms with Crippen molar-refractivity contribution in [3.63, 3.8) is 0 Å². The molecule has 152 valence electrons. The third-order valence-corrected chi connectivity index (χ3v) is 6.63. The van der Waals surface area contributed by atoms with E-state index in [1.807, 2.05) is 0 Å². The number of piperidine rings is 1. The highest BCUT2D eigenvalue weighted by molar-refractivity contribution is 7.89. The van der Waals surface area contributed by atoms with Crippen LogP contribution < -0.4 is 0 Å². The van der Waals surface area contributed by atoms with Gasteiger partial charge in [-0.1, -0.05) is 18.6 Å². The lowest BCUT2D eigenvalue weighted by molar-refractivity contribution is -0.385. The SMILES string of the molecule is O=C(/C=C/c1ccc(O)c([N+](=O)[O-])c1)c1ccc(S(=O)(=O)N2CCCCC2)cc1. The van der Waals surface area contributed by atoms with Gasteiger partial charge < -0.3 is 5.11 Å². The molecule has 1 N–H and O–H groups in total. The lowest BCUT2D eigenvalue weighted by Gasteiger charge is -2.25. The number of aromatic hydroxyl groups is 1. The number of allylic oxidation sites excluding steroid dienone is 1. The van der Waals surface area contributed by atoms with Gasteiger partial charge in [0, 0.05) is 24.7 Å². The van der Waals surface area contributed by atoms with Crippen LogP contribution in [0.1, 0.15) is 35.2 Å². The number of carbonyl (C=O) groups is 1. The number of hydrogen-bond acceptors (Lipinski definition) is 6. The number of nitro benzene ring substituents is 1. The van der Waals surface area contributed by atoms with Crippen molar-refractivity contribution in [2.24, 2.45) is 0 Å². The van der Waals surface area contributed by atoms with Crippen LogP contribution >= 0.6 is 0 Å². The Morgan fingerprint density at radius 1 is 1.07 bits per heavy atom. The lowest BCUT2D eigenvalue weighted by Crippen LogP contribution is -2.35. The number of sulfonamides is 1. The third-order valence-electron chi connectivity index (χ3n) is 4.71. The fourth-order valence-electron chi connectivity index (χ4n) is 3.10. The molecule has 0 amide bonds. The summed E-state index contributed by atoms with van der Waals surface area (Å²) in [5.74, 6) is -0.827. The quantitative estimate of drug-likeness (QED) is 0.334. The molecule has 0 radical (unpaired) electrons. The maximum atomic E-state index is 12.6. The Kier molecular flexibility index (Phi) is 6.09. The first-order chi connectivity index (χ1) is 13.8. The molecule has 0 aromatic heterocycles. The van der Waals surface area contributed by atoms with E-state index < -0.39 is 26.4 Å². The van der Waals surface area contributed by atoms with Gasteiger partial charge in [-0.3, -0.25) is 14.9 Å². The Bertz CT molecular complexity index is 1050. The first-order valence-corrected chi connectivity index (χ1v) is 10.5. The summed E-state index contributed by atoms with van der Waals surface area (Å²) < 4.78 is 26.8. The van der Waals surface area contributed by atoms with Crippen molar-refractivity contribution in [2.75, 3.05) is 13.1 Å². The number of hydrogen-bond donors (Lipinski definition) is 1. The van der Waals surface area contributed by atoms with Gasteiger partial charge >= 0.3 is 5.69 Å². The average molecular weight is 416 g/mol. The molecule has 1 aliphatic heterocycles. The number of ketones is 1. The van der Waals surface area contributed by atoms with Crippen LogP contribution in [0.2, 0.25) is 0 Å². The molecule has 0 aliphatic carbocycles. The van der Waals surface area contributed by atoms with Crippen molar-refractivity contribution in [3.8, 4) is 5.75 Å². The number of phenols is 1. The highest BCUT2D eigenvalue weighted by Gasteiger charge is 2.25. The van der Waals surface area contributed by atoms with Crippen molar-refractivity contribution in [3.05, 3.63) is 69.8 Å². The molecule has 1 fully saturated rings. The molecule has 0 saturated carbocycles. The number of nitro groups is 1. The standard InChI is InChI=1S/C20H20N2O6S/c23-19(10-4-15-5-11-20(24)18(14-15)22(25)26)16-6-8-17(9-7-16)29(27,28)21-12-2-1-3-13-21/h4-11,14,24H,1-3,12-13H2/b10-4+. The summed E-state index contributed by atoms with van der Waals surface area (Å²) in [7, 11) is -3.56. The van der Waals surface area contributed by atoms with Gasteiger partial charge in [-0.25, -0.2) is 8.42 Å². The van der Waals surface area contributed by atoms with Gasteiger partial charge in [0.05, 0.1) is 9.82 Å². The number of rotatable bonds is 6. The van der Waals surface area contributed by atoms with Crippen molar-refractivity contribution in [1.29, 1.82) is 0 Å². The summed E-state index contributed by atoms with van der Waals surface area (Å²) >= 11 is 0. The Hall–Kier alpha value is -3.04. The molecule has 0 unspecified atom stereocenters. The van der Waals surface area contributed by atoms with E-state index in [2.05, 4.69) is 0 Å². The van der Waals surface area contributed by atoms with E-state index >= 15 is 0 Å². The first kappa shape index (κ1) is 20.7. The predicted octanol–water partition coefficient (Wildman–Crippen LogP) is 3.37. The van der Waals surface area contributed by atoms with E-state index in [1.54, 1.807) is 0 Å². The van der Waals surface area contributed by atoms with E-state index in [1.165, 1.54) is 52.9 Å². The van der Waals surface area contributed by atoms with Crippen LogP contribution in [0.5, 0.6) is 5.75 Å². The van der Waals surface area contributed by atoms with Gasteiger partial charge in [-0.2, -0.15) is 4.31 Å². The largest absolute Gasteiger partial charge is 0.502 e. The van der Waals surface area contributed by atoms with E-state index in [4.69, 9.17) is 0 Å². The van der Waals surface area contributed by atoms with E-state index in [-0.39, 0.29) is 10.7 Å². The maximum absolute atomic E-state index is 12.6. The van der Waals surface area contributed by atoms with Crippen LogP contribution in [0.15, 0.2) is 53.4 Å². The molecule has 1 aliphatic rings. The second-order valence-electron chi connectivity index (χ2n) is 6.69. The van der Waals surface area contributed by atoms with Crippen molar-refractivity contribution in [1.82, 2.24) is 4.31 Å². The molecule has 29 heavy (non-hydrogen) atoms. The zero-order chi connectivity index (χ0) is 21.0. The number of nitrogens with zero attached hydrogens (tertiary/aromatic N) is 2. The molecule has 0 spiro atoms. The van der Waals surface area contributed by atoms with Crippen molar-refractivity contribution in [2.45, 2.75) is 24.2 Å². The first-order valence-electron chi connectivity index (χ1n) is 9.09. The van der Waals surface area contributed by atoms with Gasteiger partial charge in [-0.05, 0) is 54.8 Å². The summed E-state index contributed by atoms with van der Waals surface area (Å²) in [5, 5.41) is 20.3. The molecule has 2 aromatic carbocycles. The number of carbonyl (C=O) groups excluding carboxylic acids is 1. The van der Waals surface area contributed by atoms with E-state index in [0.29, 0.717) is 24.2 Å². The minimum atomic E-state index is -3.56. The topological polar surface area (TPSA) is 118 Å². The molecule has 3 rings (SSSR count). The third kappa shape index (κ3) is 4.69. The van der Waals surface area contributed by atoms with Gasteiger partial charge in [0.25, 0.3) is 0 Å². The van der Waals surface area contributed by atoms with Gasteiger partial charge in [0.1, 0.15) is 0 Å². The Labute approximate surface area is 168 Å². The summed E-state index contributed by atoms with van der Waals surface area (Å²) in [6.45, 7) is 1.01. The van der Waals surface area contributed by atoms with E-state index in [0.717, 1.165) is 25.3 Å². The van der Waals surface area contributed by atoms with Gasteiger partial charge in [-0.15, -0.1) is 0 Å². The highest BCUT2D eigenvalue weighted by atomic mass is 32.2. The molecular formula is C20H20N2O6S. The monoisotopic (exact) mass is 416 g/mol. The molecule has 0 bridgehead atoms. The minimum absolute atomic E-state index is 0.147. The summed E-state index contributed by atoms with van der Waals surface area (Å²) in [5.41, 5.74) is 0.228. The Morgan fingerprint density at radius 3 is 2.34 bits per heavy atom. The Balaban J connectivity index is 1.74. The Morgan fingerprint density at radius 2 is 1.72 bits per heavy atom. The lowest BCUT2D eigenvalue weighted by atomic mass is 10.1. The number of phenolic OH excluding ortho intramolecular Hbond substituents is 1. The zero-order valence-electron chi connectivity index (χ0n) is 15.5. The van der Waals surface area contributed by atoms with Crippen LogP contribution in [-0.2, 0) is 10.0 Å². The smallest absolute Gasteiger partial charge is 0.311 e. The van der Waals surface area contributed by atoms with Crippen LogP contribution in [0.25, 0.3) is 6.08 Å². The summed E-state index contributed by atoms with van der Waals surface area (Å²) in [6.07, 6.45) is 5.35. The molecule has 8 nitrogen and oxygen atoms in total. The van der Waals surface area contributed by atoms with Crippen LogP contribution in [0, 0.1) is 10.1 Å². The van der Waals surface area contributed by atoms with Crippen LogP contribution in [0.3, 0.4) is 0 Å². The molecule has 1 heterocycles. The maximum Gasteiger partial charge on any atom is 0.311 e. The van der Waals surface area contributed by atoms with E-state index in [9.17, 15) is 28.4 Å². The predicted molar refractivity (Wildman–Crippen MR) is 107 cm³/mol. The average Bonchev–Trinajstić information content (AvgIpc) is 2.73. The summed E-state index contributed by atoms with van der Waals surface area (Å²) in [4.78, 5) is 22.6. The fraction of sp³-hybridized carbons (Fsp3) is 0.250.